The third-order valence-corrected chi connectivity index (χ3v) is 3.13. The molecule has 6 heteroatoms. The summed E-state index contributed by atoms with van der Waals surface area (Å²) in [6, 6.07) is 12.9. The van der Waals surface area contributed by atoms with E-state index in [1.54, 1.807) is 24.3 Å². The monoisotopic (exact) mass is 319 g/mol. The molecule has 114 valence electrons. The van der Waals surface area contributed by atoms with E-state index in [0.29, 0.717) is 21.9 Å². The first-order valence-electron chi connectivity index (χ1n) is 6.52. The van der Waals surface area contributed by atoms with Gasteiger partial charge in [0.2, 0.25) is 5.91 Å². The van der Waals surface area contributed by atoms with Crippen molar-refractivity contribution in [1.29, 1.82) is 0 Å². The lowest BCUT2D eigenvalue weighted by Crippen LogP contribution is -2.14. The summed E-state index contributed by atoms with van der Waals surface area (Å²) in [6.45, 7) is 0.274. The molecule has 0 bridgehead atoms. The number of para-hydroxylation sites is 1. The van der Waals surface area contributed by atoms with E-state index in [-0.39, 0.29) is 13.2 Å². The van der Waals surface area contributed by atoms with Crippen molar-refractivity contribution in [3.63, 3.8) is 0 Å². The van der Waals surface area contributed by atoms with Gasteiger partial charge in [-0.25, -0.2) is 4.79 Å². The average Bonchev–Trinajstić information content (AvgIpc) is 2.53. The number of hydrogen-bond acceptors (Lipinski definition) is 4. The number of benzene rings is 2. The van der Waals surface area contributed by atoms with E-state index in [1.807, 2.05) is 0 Å². The lowest BCUT2D eigenvalue weighted by Gasteiger charge is -2.08. The highest BCUT2D eigenvalue weighted by Crippen LogP contribution is 2.22. The predicted molar refractivity (Wildman–Crippen MR) is 82.2 cm³/mol. The molecule has 1 amide bonds. The van der Waals surface area contributed by atoms with E-state index in [1.165, 1.54) is 24.3 Å². The van der Waals surface area contributed by atoms with Crippen molar-refractivity contribution in [2.75, 3.05) is 13.2 Å². The van der Waals surface area contributed by atoms with Crippen molar-refractivity contribution < 1.29 is 19.1 Å². The van der Waals surface area contributed by atoms with Crippen molar-refractivity contribution >= 4 is 23.5 Å². The number of amides is 1. The molecule has 2 N–H and O–H groups in total. The minimum absolute atomic E-state index is 0.0849. The predicted octanol–water partition coefficient (Wildman–Crippen LogP) is 2.67. The van der Waals surface area contributed by atoms with E-state index in [2.05, 4.69) is 0 Å². The average molecular weight is 320 g/mol. The summed E-state index contributed by atoms with van der Waals surface area (Å²) >= 11 is 5.93. The van der Waals surface area contributed by atoms with Crippen molar-refractivity contribution in [1.82, 2.24) is 0 Å². The molecule has 0 heterocycles. The van der Waals surface area contributed by atoms with Crippen LogP contribution in [0.15, 0.2) is 48.5 Å². The van der Waals surface area contributed by atoms with Gasteiger partial charge in [0, 0.05) is 5.56 Å². The van der Waals surface area contributed by atoms with Crippen LogP contribution >= 0.6 is 11.6 Å². The van der Waals surface area contributed by atoms with Crippen LogP contribution in [0.5, 0.6) is 5.75 Å². The Morgan fingerprint density at radius 3 is 2.23 bits per heavy atom. The summed E-state index contributed by atoms with van der Waals surface area (Å²) < 4.78 is 10.5. The molecule has 0 saturated heterocycles. The number of primary amides is 1. The molecule has 2 rings (SSSR count). The molecule has 0 aliphatic carbocycles. The van der Waals surface area contributed by atoms with Gasteiger partial charge >= 0.3 is 5.97 Å². The summed E-state index contributed by atoms with van der Waals surface area (Å²) in [5.74, 6) is -0.516. The van der Waals surface area contributed by atoms with Crippen LogP contribution in [-0.2, 0) is 4.74 Å². The van der Waals surface area contributed by atoms with Crippen LogP contribution < -0.4 is 10.5 Å². The van der Waals surface area contributed by atoms with Gasteiger partial charge in [-0.15, -0.1) is 0 Å². The van der Waals surface area contributed by atoms with Crippen molar-refractivity contribution in [2.24, 2.45) is 5.73 Å². The highest BCUT2D eigenvalue weighted by molar-refractivity contribution is 6.32. The quantitative estimate of drug-likeness (QED) is 0.656. The van der Waals surface area contributed by atoms with E-state index < -0.39 is 11.9 Å². The number of hydrogen-bond donors (Lipinski definition) is 1. The zero-order valence-electron chi connectivity index (χ0n) is 11.6. The molecule has 0 saturated carbocycles. The van der Waals surface area contributed by atoms with Crippen molar-refractivity contribution in [2.45, 2.75) is 0 Å². The molecule has 0 fully saturated rings. The number of carbonyl (C=O) groups excluding carboxylic acids is 2. The number of halogens is 1. The standard InChI is InChI=1S/C16H14ClNO4/c17-13-3-1-2-4-14(13)21-9-10-22-16(20)12-7-5-11(6-8-12)15(18)19/h1-8H,9-10H2,(H2,18,19). The van der Waals surface area contributed by atoms with Crippen LogP contribution in [0.4, 0.5) is 0 Å². The Balaban J connectivity index is 1.80. The minimum atomic E-state index is -0.548. The van der Waals surface area contributed by atoms with Gasteiger partial charge in [0.1, 0.15) is 19.0 Å². The third-order valence-electron chi connectivity index (χ3n) is 2.82. The SMILES string of the molecule is NC(=O)c1ccc(C(=O)OCCOc2ccccc2Cl)cc1. The summed E-state index contributed by atoms with van der Waals surface area (Å²) in [5.41, 5.74) is 5.79. The number of nitrogens with two attached hydrogens (primary N) is 1. The Morgan fingerprint density at radius 2 is 1.59 bits per heavy atom. The second-order valence-electron chi connectivity index (χ2n) is 4.36. The maximum Gasteiger partial charge on any atom is 0.338 e. The lowest BCUT2D eigenvalue weighted by molar-refractivity contribution is 0.0450. The zero-order chi connectivity index (χ0) is 15.9. The van der Waals surface area contributed by atoms with Gasteiger partial charge in [-0.05, 0) is 36.4 Å². The molecule has 2 aromatic carbocycles. The van der Waals surface area contributed by atoms with Gasteiger partial charge in [0.25, 0.3) is 0 Å². The Labute approximate surface area is 132 Å². The summed E-state index contributed by atoms with van der Waals surface area (Å²) in [6.07, 6.45) is 0. The number of rotatable bonds is 6. The Bertz CT molecular complexity index is 670. The number of esters is 1. The van der Waals surface area contributed by atoms with Crippen LogP contribution in [0.25, 0.3) is 0 Å². The molecule has 0 atom stereocenters. The largest absolute Gasteiger partial charge is 0.488 e. The molecule has 0 spiro atoms. The lowest BCUT2D eigenvalue weighted by atomic mass is 10.1. The van der Waals surface area contributed by atoms with Crippen molar-refractivity contribution in [3.8, 4) is 5.75 Å². The normalized spacial score (nSPS) is 10.0. The highest BCUT2D eigenvalue weighted by Gasteiger charge is 2.08. The van der Waals surface area contributed by atoms with Crippen LogP contribution in [0.1, 0.15) is 20.7 Å². The molecule has 0 unspecified atom stereocenters. The molecule has 0 aromatic heterocycles. The molecular formula is C16H14ClNO4. The van der Waals surface area contributed by atoms with Gasteiger partial charge in [-0.1, -0.05) is 23.7 Å². The van der Waals surface area contributed by atoms with E-state index in [4.69, 9.17) is 26.8 Å². The third kappa shape index (κ3) is 4.23. The fourth-order valence-corrected chi connectivity index (χ4v) is 1.89. The molecule has 22 heavy (non-hydrogen) atoms. The van der Waals surface area contributed by atoms with Gasteiger partial charge in [0.15, 0.2) is 0 Å². The Morgan fingerprint density at radius 1 is 0.955 bits per heavy atom. The molecule has 5 nitrogen and oxygen atoms in total. The Kier molecular flexibility index (Phi) is 5.38. The van der Waals surface area contributed by atoms with Gasteiger partial charge in [-0.2, -0.15) is 0 Å². The van der Waals surface area contributed by atoms with E-state index in [0.717, 1.165) is 0 Å². The number of ether oxygens (including phenoxy) is 2. The summed E-state index contributed by atoms with van der Waals surface area (Å²) in [4.78, 5) is 22.7. The zero-order valence-corrected chi connectivity index (χ0v) is 12.4. The topological polar surface area (TPSA) is 78.6 Å². The van der Waals surface area contributed by atoms with Crippen LogP contribution in [0.3, 0.4) is 0 Å². The van der Waals surface area contributed by atoms with Crippen LogP contribution in [0, 0.1) is 0 Å². The molecular weight excluding hydrogens is 306 g/mol. The van der Waals surface area contributed by atoms with Gasteiger partial charge < -0.3 is 15.2 Å². The van der Waals surface area contributed by atoms with Gasteiger partial charge in [-0.3, -0.25) is 4.79 Å². The second kappa shape index (κ2) is 7.47. The van der Waals surface area contributed by atoms with E-state index >= 15 is 0 Å². The Hall–Kier alpha value is -2.53. The maximum atomic E-state index is 11.8. The van der Waals surface area contributed by atoms with Crippen molar-refractivity contribution in [3.05, 3.63) is 64.7 Å². The molecule has 0 aliphatic heterocycles. The highest BCUT2D eigenvalue weighted by atomic mass is 35.5. The van der Waals surface area contributed by atoms with Gasteiger partial charge in [0.05, 0.1) is 10.6 Å². The summed E-state index contributed by atoms with van der Waals surface area (Å²) in [7, 11) is 0. The van der Waals surface area contributed by atoms with Crippen LogP contribution in [0.2, 0.25) is 5.02 Å². The van der Waals surface area contributed by atoms with E-state index in [9.17, 15) is 9.59 Å². The second-order valence-corrected chi connectivity index (χ2v) is 4.76. The number of carbonyl (C=O) groups is 2. The molecule has 0 radical (unpaired) electrons. The first-order chi connectivity index (χ1) is 10.6. The smallest absolute Gasteiger partial charge is 0.338 e. The fraction of sp³-hybridized carbons (Fsp3) is 0.125. The summed E-state index contributed by atoms with van der Waals surface area (Å²) in [5, 5.41) is 0.496. The molecule has 2 aromatic rings. The minimum Gasteiger partial charge on any atom is -0.488 e. The molecule has 0 aliphatic rings. The maximum absolute atomic E-state index is 11.8. The fourth-order valence-electron chi connectivity index (χ4n) is 1.70. The first-order valence-corrected chi connectivity index (χ1v) is 6.90. The first kappa shape index (κ1) is 15.9. The van der Waals surface area contributed by atoms with Crippen LogP contribution in [-0.4, -0.2) is 25.1 Å².